The van der Waals surface area contributed by atoms with Crippen LogP contribution in [0.2, 0.25) is 0 Å². The summed E-state index contributed by atoms with van der Waals surface area (Å²) < 4.78 is 23.5. The van der Waals surface area contributed by atoms with Gasteiger partial charge in [0.15, 0.2) is 17.3 Å². The van der Waals surface area contributed by atoms with Crippen LogP contribution >= 0.6 is 0 Å². The van der Waals surface area contributed by atoms with Crippen molar-refractivity contribution in [1.82, 2.24) is 9.55 Å². The number of ketones is 1. The fourth-order valence-corrected chi connectivity index (χ4v) is 3.40. The number of benzene rings is 2. The van der Waals surface area contributed by atoms with Gasteiger partial charge in [-0.1, -0.05) is 17.7 Å². The van der Waals surface area contributed by atoms with E-state index >= 15 is 0 Å². The number of hydrogen-bond donors (Lipinski definition) is 0. The van der Waals surface area contributed by atoms with E-state index in [1.54, 1.807) is 24.5 Å². The Labute approximate surface area is 179 Å². The topological polar surface area (TPSA) is 75.7 Å². The molecule has 31 heavy (non-hydrogen) atoms. The molecule has 0 saturated heterocycles. The average molecular weight is 418 g/mol. The standard InChI is InChI=1S/C24H22N2O5/c1-15-5-7-17(8-6-15)26-13-18(19(14-26)24-25-9-10-31-24)22(27)16-11-20(28-2)23(30-4)21(12-16)29-3/h5-14H,1-4H3. The van der Waals surface area contributed by atoms with Crippen LogP contribution in [-0.2, 0) is 0 Å². The number of oxazole rings is 1. The molecular weight excluding hydrogens is 396 g/mol. The lowest BCUT2D eigenvalue weighted by molar-refractivity contribution is 0.103. The molecule has 0 spiro atoms. The molecule has 2 aromatic heterocycles. The molecule has 0 radical (unpaired) electrons. The van der Waals surface area contributed by atoms with Crippen molar-refractivity contribution >= 4 is 5.78 Å². The summed E-state index contributed by atoms with van der Waals surface area (Å²) in [6.45, 7) is 2.02. The molecule has 158 valence electrons. The van der Waals surface area contributed by atoms with Crippen LogP contribution in [0.1, 0.15) is 21.5 Å². The number of methoxy groups -OCH3 is 3. The SMILES string of the molecule is COc1cc(C(=O)c2cn(-c3ccc(C)cc3)cc2-c2ncco2)cc(OC)c1OC. The van der Waals surface area contributed by atoms with Crippen molar-refractivity contribution in [3.63, 3.8) is 0 Å². The Kier molecular flexibility index (Phi) is 5.49. The van der Waals surface area contributed by atoms with Crippen molar-refractivity contribution in [1.29, 1.82) is 0 Å². The van der Waals surface area contributed by atoms with Gasteiger partial charge in [-0.05, 0) is 31.2 Å². The normalized spacial score (nSPS) is 10.7. The van der Waals surface area contributed by atoms with Gasteiger partial charge in [-0.25, -0.2) is 4.98 Å². The first-order valence-electron chi connectivity index (χ1n) is 9.59. The maximum absolute atomic E-state index is 13.6. The Bertz CT molecular complexity index is 1180. The Morgan fingerprint density at radius 1 is 0.968 bits per heavy atom. The summed E-state index contributed by atoms with van der Waals surface area (Å²) in [5.41, 5.74) is 3.49. The molecule has 7 nitrogen and oxygen atoms in total. The molecule has 0 atom stereocenters. The van der Waals surface area contributed by atoms with E-state index in [0.717, 1.165) is 11.3 Å². The van der Waals surface area contributed by atoms with Crippen LogP contribution in [0.3, 0.4) is 0 Å². The van der Waals surface area contributed by atoms with Gasteiger partial charge in [0, 0.05) is 23.6 Å². The van der Waals surface area contributed by atoms with Crippen LogP contribution in [0.15, 0.2) is 65.7 Å². The second-order valence-corrected chi connectivity index (χ2v) is 6.91. The molecule has 0 bridgehead atoms. The zero-order valence-corrected chi connectivity index (χ0v) is 17.7. The van der Waals surface area contributed by atoms with E-state index in [1.165, 1.54) is 27.6 Å². The molecular formula is C24H22N2O5. The quantitative estimate of drug-likeness (QED) is 0.405. The summed E-state index contributed by atoms with van der Waals surface area (Å²) in [6.07, 6.45) is 6.63. The van der Waals surface area contributed by atoms with Crippen molar-refractivity contribution in [3.05, 3.63) is 77.9 Å². The smallest absolute Gasteiger partial charge is 0.228 e. The lowest BCUT2D eigenvalue weighted by Gasteiger charge is -2.13. The largest absolute Gasteiger partial charge is 0.493 e. The average Bonchev–Trinajstić information content (AvgIpc) is 3.48. The minimum atomic E-state index is -0.224. The molecule has 0 unspecified atom stereocenters. The minimum Gasteiger partial charge on any atom is -0.493 e. The summed E-state index contributed by atoms with van der Waals surface area (Å²) in [4.78, 5) is 17.8. The third-order valence-corrected chi connectivity index (χ3v) is 4.99. The summed E-state index contributed by atoms with van der Waals surface area (Å²) >= 11 is 0. The van der Waals surface area contributed by atoms with Crippen molar-refractivity contribution in [2.75, 3.05) is 21.3 Å². The summed E-state index contributed by atoms with van der Waals surface area (Å²) in [5, 5.41) is 0. The van der Waals surface area contributed by atoms with E-state index < -0.39 is 0 Å². The summed E-state index contributed by atoms with van der Waals surface area (Å²) in [7, 11) is 4.54. The molecule has 4 rings (SSSR count). The Morgan fingerprint density at radius 2 is 1.65 bits per heavy atom. The maximum Gasteiger partial charge on any atom is 0.228 e. The first kappa shape index (κ1) is 20.3. The van der Waals surface area contributed by atoms with Crippen molar-refractivity contribution < 1.29 is 23.4 Å². The van der Waals surface area contributed by atoms with Gasteiger partial charge < -0.3 is 23.2 Å². The van der Waals surface area contributed by atoms with E-state index in [1.807, 2.05) is 42.0 Å². The maximum atomic E-state index is 13.6. The van der Waals surface area contributed by atoms with Gasteiger partial charge in [-0.3, -0.25) is 4.79 Å². The molecule has 7 heteroatoms. The van der Waals surface area contributed by atoms with Gasteiger partial charge in [0.2, 0.25) is 11.6 Å². The predicted molar refractivity (Wildman–Crippen MR) is 116 cm³/mol. The van der Waals surface area contributed by atoms with Gasteiger partial charge in [0.25, 0.3) is 0 Å². The lowest BCUT2D eigenvalue weighted by atomic mass is 10.0. The highest BCUT2D eigenvalue weighted by molar-refractivity contribution is 6.13. The molecule has 0 N–H and O–H groups in total. The van der Waals surface area contributed by atoms with Crippen LogP contribution in [0.5, 0.6) is 17.2 Å². The zero-order valence-electron chi connectivity index (χ0n) is 17.7. The Hall–Kier alpha value is -4.00. The highest BCUT2D eigenvalue weighted by Crippen LogP contribution is 2.39. The van der Waals surface area contributed by atoms with E-state index in [0.29, 0.717) is 39.8 Å². The minimum absolute atomic E-state index is 0.224. The van der Waals surface area contributed by atoms with E-state index in [-0.39, 0.29) is 5.78 Å². The van der Waals surface area contributed by atoms with Gasteiger partial charge in [0.1, 0.15) is 6.26 Å². The highest BCUT2D eigenvalue weighted by Gasteiger charge is 2.24. The predicted octanol–water partition coefficient (Wildman–Crippen LogP) is 4.70. The molecule has 0 saturated carbocycles. The molecule has 0 amide bonds. The van der Waals surface area contributed by atoms with Gasteiger partial charge in [-0.15, -0.1) is 0 Å². The highest BCUT2D eigenvalue weighted by atomic mass is 16.5. The van der Waals surface area contributed by atoms with Crippen LogP contribution in [0.4, 0.5) is 0 Å². The van der Waals surface area contributed by atoms with Gasteiger partial charge in [-0.2, -0.15) is 0 Å². The molecule has 0 aliphatic carbocycles. The van der Waals surface area contributed by atoms with Crippen LogP contribution in [-0.4, -0.2) is 36.7 Å². The molecule has 0 aliphatic rings. The zero-order chi connectivity index (χ0) is 22.0. The van der Waals surface area contributed by atoms with Crippen molar-refractivity contribution in [2.24, 2.45) is 0 Å². The Balaban J connectivity index is 1.85. The second kappa shape index (κ2) is 8.39. The van der Waals surface area contributed by atoms with Crippen LogP contribution < -0.4 is 14.2 Å². The Morgan fingerprint density at radius 3 is 2.19 bits per heavy atom. The lowest BCUT2D eigenvalue weighted by Crippen LogP contribution is -2.04. The monoisotopic (exact) mass is 418 g/mol. The number of aromatic nitrogens is 2. The number of hydrogen-bond acceptors (Lipinski definition) is 6. The van der Waals surface area contributed by atoms with Gasteiger partial charge >= 0.3 is 0 Å². The van der Waals surface area contributed by atoms with Crippen molar-refractivity contribution in [3.8, 4) is 34.4 Å². The number of aryl methyl sites for hydroxylation is 1. The van der Waals surface area contributed by atoms with Crippen molar-refractivity contribution in [2.45, 2.75) is 6.92 Å². The number of carbonyl (C=O) groups excluding carboxylic acids is 1. The van der Waals surface area contributed by atoms with Gasteiger partial charge in [0.05, 0.1) is 38.7 Å². The molecule has 0 fully saturated rings. The molecule has 0 aliphatic heterocycles. The number of nitrogens with zero attached hydrogens (tertiary/aromatic N) is 2. The van der Waals surface area contributed by atoms with E-state index in [4.69, 9.17) is 18.6 Å². The first-order valence-corrected chi connectivity index (χ1v) is 9.59. The molecule has 4 aromatic rings. The third-order valence-electron chi connectivity index (χ3n) is 4.99. The van der Waals surface area contributed by atoms with Crippen LogP contribution in [0.25, 0.3) is 17.1 Å². The molecule has 2 heterocycles. The third kappa shape index (κ3) is 3.77. The number of carbonyl (C=O) groups is 1. The summed E-state index contributed by atoms with van der Waals surface area (Å²) in [6, 6.07) is 11.3. The second-order valence-electron chi connectivity index (χ2n) is 6.91. The van der Waals surface area contributed by atoms with E-state index in [2.05, 4.69) is 4.98 Å². The van der Waals surface area contributed by atoms with E-state index in [9.17, 15) is 4.79 Å². The number of ether oxygens (including phenoxy) is 3. The summed E-state index contributed by atoms with van der Waals surface area (Å²) in [5.74, 6) is 1.37. The fourth-order valence-electron chi connectivity index (χ4n) is 3.40. The fraction of sp³-hybridized carbons (Fsp3) is 0.167. The van der Waals surface area contributed by atoms with Crippen LogP contribution in [0, 0.1) is 6.92 Å². The first-order chi connectivity index (χ1) is 15.0. The number of rotatable bonds is 7. The molecule has 2 aromatic carbocycles.